The normalized spacial score (nSPS) is 10.8. The van der Waals surface area contributed by atoms with Crippen LogP contribution >= 0.6 is 0 Å². The van der Waals surface area contributed by atoms with Gasteiger partial charge in [-0.2, -0.15) is 5.26 Å². The van der Waals surface area contributed by atoms with Crippen LogP contribution in [0.5, 0.6) is 0 Å². The molecule has 2 heterocycles. The maximum absolute atomic E-state index is 8.94. The van der Waals surface area contributed by atoms with Crippen molar-refractivity contribution < 1.29 is 0 Å². The van der Waals surface area contributed by atoms with Crippen molar-refractivity contribution >= 4 is 22.5 Å². The summed E-state index contributed by atoms with van der Waals surface area (Å²) in [6.07, 6.45) is 2.36. The van der Waals surface area contributed by atoms with Gasteiger partial charge in [0.15, 0.2) is 5.65 Å². The molecule has 2 rings (SSSR count). The smallest absolute Gasteiger partial charge is 0.167 e. The number of hydrogen-bond donors (Lipinski definition) is 2. The molecule has 0 amide bonds. The first-order valence-electron chi connectivity index (χ1n) is 5.63. The molecule has 0 spiro atoms. The van der Waals surface area contributed by atoms with Gasteiger partial charge in [-0.15, -0.1) is 0 Å². The lowest BCUT2D eigenvalue weighted by molar-refractivity contribution is 0.622. The van der Waals surface area contributed by atoms with Crippen LogP contribution in [0.1, 0.15) is 25.2 Å². The van der Waals surface area contributed by atoms with Gasteiger partial charge in [0.1, 0.15) is 23.3 Å². The summed E-state index contributed by atoms with van der Waals surface area (Å²) in [6.45, 7) is 4.17. The number of rotatable bonds is 2. The van der Waals surface area contributed by atoms with E-state index in [0.717, 1.165) is 6.42 Å². The quantitative estimate of drug-likeness (QED) is 0.819. The molecular formula is C12H14N6. The average molecular weight is 242 g/mol. The van der Waals surface area contributed by atoms with Crippen LogP contribution in [0.3, 0.4) is 0 Å². The molecule has 2 aromatic rings. The largest absolute Gasteiger partial charge is 0.397 e. The molecule has 0 saturated heterocycles. The second-order valence-electron chi connectivity index (χ2n) is 4.52. The fourth-order valence-electron chi connectivity index (χ4n) is 1.71. The van der Waals surface area contributed by atoms with Crippen molar-refractivity contribution in [2.24, 2.45) is 5.92 Å². The lowest BCUT2D eigenvalue weighted by atomic mass is 10.1. The van der Waals surface area contributed by atoms with Crippen LogP contribution in [0, 0.1) is 17.2 Å². The van der Waals surface area contributed by atoms with Gasteiger partial charge in [0.05, 0.1) is 11.1 Å². The maximum atomic E-state index is 8.94. The molecule has 0 aliphatic carbocycles. The fraction of sp³-hybridized carbons (Fsp3) is 0.333. The third kappa shape index (κ3) is 2.02. The highest BCUT2D eigenvalue weighted by molar-refractivity contribution is 5.92. The zero-order valence-electron chi connectivity index (χ0n) is 10.3. The number of nitrogens with two attached hydrogens (primary N) is 2. The zero-order valence-corrected chi connectivity index (χ0v) is 10.3. The molecule has 0 atom stereocenters. The zero-order chi connectivity index (χ0) is 13.3. The van der Waals surface area contributed by atoms with Crippen LogP contribution in [0.25, 0.3) is 11.0 Å². The topological polar surface area (TPSA) is 114 Å². The van der Waals surface area contributed by atoms with E-state index in [1.165, 1.54) is 0 Å². The first kappa shape index (κ1) is 12.0. The summed E-state index contributed by atoms with van der Waals surface area (Å²) >= 11 is 0. The minimum atomic E-state index is 0.108. The molecule has 18 heavy (non-hydrogen) atoms. The monoisotopic (exact) mass is 242 g/mol. The minimum absolute atomic E-state index is 0.108. The molecular weight excluding hydrogens is 228 g/mol. The molecule has 0 aromatic carbocycles. The van der Waals surface area contributed by atoms with Crippen LogP contribution < -0.4 is 11.5 Å². The van der Waals surface area contributed by atoms with Crippen LogP contribution in [0.15, 0.2) is 6.20 Å². The molecule has 6 heteroatoms. The molecule has 0 bridgehead atoms. The predicted molar refractivity (Wildman–Crippen MR) is 69.4 cm³/mol. The number of nitriles is 1. The van der Waals surface area contributed by atoms with E-state index in [2.05, 4.69) is 28.8 Å². The van der Waals surface area contributed by atoms with Crippen molar-refractivity contribution in [2.45, 2.75) is 20.3 Å². The van der Waals surface area contributed by atoms with Crippen LogP contribution in [0.4, 0.5) is 11.5 Å². The highest BCUT2D eigenvalue weighted by atomic mass is 15.0. The van der Waals surface area contributed by atoms with Gasteiger partial charge >= 0.3 is 0 Å². The number of pyridine rings is 1. The Bertz CT molecular complexity index is 641. The second kappa shape index (κ2) is 4.45. The summed E-state index contributed by atoms with van der Waals surface area (Å²) in [5, 5.41) is 9.50. The van der Waals surface area contributed by atoms with E-state index in [1.807, 2.05) is 6.07 Å². The number of fused-ring (bicyclic) bond motifs is 1. The van der Waals surface area contributed by atoms with Crippen molar-refractivity contribution in [3.05, 3.63) is 17.6 Å². The van der Waals surface area contributed by atoms with Gasteiger partial charge in [-0.1, -0.05) is 13.8 Å². The molecule has 0 aliphatic rings. The van der Waals surface area contributed by atoms with Crippen molar-refractivity contribution in [1.82, 2.24) is 15.0 Å². The van der Waals surface area contributed by atoms with E-state index in [0.29, 0.717) is 22.8 Å². The van der Waals surface area contributed by atoms with Crippen molar-refractivity contribution in [1.29, 1.82) is 5.26 Å². The van der Waals surface area contributed by atoms with Crippen molar-refractivity contribution in [3.63, 3.8) is 0 Å². The van der Waals surface area contributed by atoms with E-state index < -0.39 is 0 Å². The molecule has 92 valence electrons. The third-order valence-corrected chi connectivity index (χ3v) is 2.56. The van der Waals surface area contributed by atoms with Gasteiger partial charge in [0.25, 0.3) is 0 Å². The molecule has 0 saturated carbocycles. The van der Waals surface area contributed by atoms with Crippen LogP contribution in [-0.2, 0) is 6.42 Å². The summed E-state index contributed by atoms with van der Waals surface area (Å²) in [7, 11) is 0. The molecule has 0 aliphatic heterocycles. The Hall–Kier alpha value is -2.42. The molecule has 0 fully saturated rings. The van der Waals surface area contributed by atoms with Gasteiger partial charge in [-0.05, 0) is 5.92 Å². The molecule has 0 radical (unpaired) electrons. The third-order valence-electron chi connectivity index (χ3n) is 2.56. The first-order chi connectivity index (χ1) is 8.52. The van der Waals surface area contributed by atoms with Gasteiger partial charge < -0.3 is 11.5 Å². The first-order valence-corrected chi connectivity index (χ1v) is 5.63. The number of anilines is 2. The highest BCUT2D eigenvalue weighted by Crippen LogP contribution is 2.25. The number of hydrogen-bond acceptors (Lipinski definition) is 6. The Labute approximate surface area is 105 Å². The Kier molecular flexibility index (Phi) is 2.98. The number of aromatic nitrogens is 3. The summed E-state index contributed by atoms with van der Waals surface area (Å²) in [5.74, 6) is 1.26. The molecule has 6 nitrogen and oxygen atoms in total. The Morgan fingerprint density at radius 2 is 2.06 bits per heavy atom. The maximum Gasteiger partial charge on any atom is 0.167 e. The van der Waals surface area contributed by atoms with Crippen LogP contribution in [-0.4, -0.2) is 15.0 Å². The summed E-state index contributed by atoms with van der Waals surface area (Å²) in [5.41, 5.74) is 12.4. The van der Waals surface area contributed by atoms with Crippen LogP contribution in [0.2, 0.25) is 0 Å². The second-order valence-corrected chi connectivity index (χ2v) is 4.52. The molecule has 4 N–H and O–H groups in total. The summed E-state index contributed by atoms with van der Waals surface area (Å²) < 4.78 is 0. The standard InChI is InChI=1S/C12H14N6/c1-6(2)3-9-16-5-8-10(14)7(4-13)11(15)18-12(8)17-9/h5-6H,3H2,1-2H3,(H4,14,15,16,17,18). The molecule has 0 unspecified atom stereocenters. The van der Waals surface area contributed by atoms with Gasteiger partial charge in [-0.25, -0.2) is 15.0 Å². The van der Waals surface area contributed by atoms with E-state index >= 15 is 0 Å². The van der Waals surface area contributed by atoms with E-state index in [9.17, 15) is 0 Å². The Morgan fingerprint density at radius 1 is 1.33 bits per heavy atom. The predicted octanol–water partition coefficient (Wildman–Crippen LogP) is 1.26. The van der Waals surface area contributed by atoms with Gasteiger partial charge in [-0.3, -0.25) is 0 Å². The number of nitrogens with zero attached hydrogens (tertiary/aromatic N) is 4. The van der Waals surface area contributed by atoms with Gasteiger partial charge in [0.2, 0.25) is 0 Å². The lowest BCUT2D eigenvalue weighted by Crippen LogP contribution is -2.06. The van der Waals surface area contributed by atoms with E-state index in [4.69, 9.17) is 16.7 Å². The Balaban J connectivity index is 2.63. The molecule has 2 aromatic heterocycles. The Morgan fingerprint density at radius 3 is 2.67 bits per heavy atom. The fourth-order valence-corrected chi connectivity index (χ4v) is 1.71. The minimum Gasteiger partial charge on any atom is -0.397 e. The van der Waals surface area contributed by atoms with E-state index in [1.54, 1.807) is 6.20 Å². The summed E-state index contributed by atoms with van der Waals surface area (Å²) in [4.78, 5) is 12.7. The lowest BCUT2D eigenvalue weighted by Gasteiger charge is -2.07. The summed E-state index contributed by atoms with van der Waals surface area (Å²) in [6, 6.07) is 1.93. The van der Waals surface area contributed by atoms with Crippen molar-refractivity contribution in [3.8, 4) is 6.07 Å². The number of nitrogen functional groups attached to an aromatic ring is 2. The highest BCUT2D eigenvalue weighted by Gasteiger charge is 2.12. The average Bonchev–Trinajstić information content (AvgIpc) is 2.28. The SMILES string of the molecule is CC(C)Cc1ncc2c(N)c(C#N)c(N)nc2n1. The van der Waals surface area contributed by atoms with Crippen molar-refractivity contribution in [2.75, 3.05) is 11.5 Å². The van der Waals surface area contributed by atoms with Gasteiger partial charge in [0, 0.05) is 12.6 Å². The van der Waals surface area contributed by atoms with E-state index in [-0.39, 0.29) is 17.1 Å².